The molecule has 0 radical (unpaired) electrons. The second kappa shape index (κ2) is 8.68. The van der Waals surface area contributed by atoms with Gasteiger partial charge in [0.2, 0.25) is 5.76 Å². The van der Waals surface area contributed by atoms with E-state index in [1.807, 2.05) is 25.1 Å². The first-order valence-corrected chi connectivity index (χ1v) is 8.55. The maximum atomic E-state index is 12.1. The van der Waals surface area contributed by atoms with E-state index in [0.29, 0.717) is 4.67 Å². The molecule has 0 bridgehead atoms. The van der Waals surface area contributed by atoms with Crippen LogP contribution in [0.3, 0.4) is 0 Å². The minimum absolute atomic E-state index is 0.0170. The van der Waals surface area contributed by atoms with Crippen molar-refractivity contribution in [2.75, 3.05) is 0 Å². The van der Waals surface area contributed by atoms with Gasteiger partial charge >= 0.3 is 5.97 Å². The molecule has 6 heteroatoms. The fraction of sp³-hybridized carbons (Fsp3) is 0.333. The minimum Gasteiger partial charge on any atom is -0.447 e. The van der Waals surface area contributed by atoms with E-state index in [0.717, 1.165) is 12.8 Å². The van der Waals surface area contributed by atoms with Crippen molar-refractivity contribution in [1.82, 2.24) is 5.32 Å². The number of benzene rings is 1. The molecule has 1 amide bonds. The number of hydrogen-bond acceptors (Lipinski definition) is 4. The van der Waals surface area contributed by atoms with Crippen LogP contribution in [0, 0.1) is 0 Å². The third-order valence-electron chi connectivity index (χ3n) is 3.52. The SMILES string of the molecule is C[C@@H](CCc1ccccc1)NC(=O)[C@@H](C)OC(=O)c1ccc(Br)o1. The molecule has 0 unspecified atom stereocenters. The van der Waals surface area contributed by atoms with Crippen molar-refractivity contribution in [3.05, 3.63) is 58.5 Å². The number of furan rings is 1. The van der Waals surface area contributed by atoms with Crippen LogP contribution in [0.25, 0.3) is 0 Å². The number of aryl methyl sites for hydroxylation is 1. The van der Waals surface area contributed by atoms with Crippen molar-refractivity contribution < 1.29 is 18.7 Å². The van der Waals surface area contributed by atoms with E-state index in [9.17, 15) is 9.59 Å². The average Bonchev–Trinajstić information content (AvgIpc) is 3.00. The lowest BCUT2D eigenvalue weighted by atomic mass is 10.1. The molecule has 0 aliphatic rings. The third-order valence-corrected chi connectivity index (χ3v) is 3.95. The van der Waals surface area contributed by atoms with Crippen LogP contribution in [0.4, 0.5) is 0 Å². The highest BCUT2D eigenvalue weighted by atomic mass is 79.9. The molecule has 2 aromatic rings. The van der Waals surface area contributed by atoms with E-state index in [2.05, 4.69) is 33.4 Å². The lowest BCUT2D eigenvalue weighted by Gasteiger charge is -2.17. The first-order valence-electron chi connectivity index (χ1n) is 7.76. The Morgan fingerprint density at radius 1 is 1.17 bits per heavy atom. The average molecular weight is 394 g/mol. The van der Waals surface area contributed by atoms with Gasteiger partial charge in [-0.2, -0.15) is 0 Å². The van der Waals surface area contributed by atoms with Crippen molar-refractivity contribution in [2.45, 2.75) is 38.8 Å². The lowest BCUT2D eigenvalue weighted by molar-refractivity contribution is -0.129. The van der Waals surface area contributed by atoms with Crippen molar-refractivity contribution in [1.29, 1.82) is 0 Å². The predicted molar refractivity (Wildman–Crippen MR) is 93.7 cm³/mol. The number of esters is 1. The molecule has 1 N–H and O–H groups in total. The second-order valence-corrected chi connectivity index (χ2v) is 6.37. The van der Waals surface area contributed by atoms with E-state index >= 15 is 0 Å². The van der Waals surface area contributed by atoms with Gasteiger partial charge in [-0.05, 0) is 60.3 Å². The standard InChI is InChI=1S/C18H20BrNO4/c1-12(8-9-14-6-4-3-5-7-14)20-17(21)13(2)23-18(22)15-10-11-16(19)24-15/h3-7,10-13H,8-9H2,1-2H3,(H,20,21)/t12-,13+/m0/s1. The fourth-order valence-electron chi connectivity index (χ4n) is 2.16. The van der Waals surface area contributed by atoms with E-state index < -0.39 is 12.1 Å². The number of rotatable bonds is 7. The van der Waals surface area contributed by atoms with Crippen LogP contribution in [0.2, 0.25) is 0 Å². The zero-order valence-electron chi connectivity index (χ0n) is 13.6. The van der Waals surface area contributed by atoms with E-state index in [4.69, 9.17) is 9.15 Å². The van der Waals surface area contributed by atoms with Gasteiger partial charge in [0.15, 0.2) is 10.8 Å². The summed E-state index contributed by atoms with van der Waals surface area (Å²) in [5.41, 5.74) is 1.22. The number of hydrogen-bond donors (Lipinski definition) is 1. The smallest absolute Gasteiger partial charge is 0.375 e. The number of carbonyl (C=O) groups excluding carboxylic acids is 2. The summed E-state index contributed by atoms with van der Waals surface area (Å²) in [6, 6.07) is 13.1. The maximum Gasteiger partial charge on any atom is 0.375 e. The Bertz CT molecular complexity index is 683. The van der Waals surface area contributed by atoms with Gasteiger partial charge < -0.3 is 14.5 Å². The Morgan fingerprint density at radius 3 is 2.50 bits per heavy atom. The van der Waals surface area contributed by atoms with E-state index in [-0.39, 0.29) is 17.7 Å². The molecule has 24 heavy (non-hydrogen) atoms. The summed E-state index contributed by atoms with van der Waals surface area (Å²) in [4.78, 5) is 24.0. The number of ether oxygens (including phenoxy) is 1. The van der Waals surface area contributed by atoms with Gasteiger partial charge in [-0.1, -0.05) is 30.3 Å². The fourth-order valence-corrected chi connectivity index (χ4v) is 2.46. The summed E-state index contributed by atoms with van der Waals surface area (Å²) in [6.07, 6.45) is 0.791. The summed E-state index contributed by atoms with van der Waals surface area (Å²) in [5, 5.41) is 2.86. The molecule has 2 rings (SSSR count). The van der Waals surface area contributed by atoms with Crippen LogP contribution < -0.4 is 5.32 Å². The van der Waals surface area contributed by atoms with Crippen LogP contribution in [0.5, 0.6) is 0 Å². The zero-order chi connectivity index (χ0) is 17.5. The molecule has 128 valence electrons. The molecule has 0 aliphatic heterocycles. The van der Waals surface area contributed by atoms with Crippen LogP contribution in [0.1, 0.15) is 36.4 Å². The van der Waals surface area contributed by atoms with Gasteiger partial charge in [-0.3, -0.25) is 4.79 Å². The van der Waals surface area contributed by atoms with Gasteiger partial charge in [0.25, 0.3) is 5.91 Å². The Kier molecular flexibility index (Phi) is 6.61. The van der Waals surface area contributed by atoms with Crippen molar-refractivity contribution in [3.63, 3.8) is 0 Å². The Morgan fingerprint density at radius 2 is 1.88 bits per heavy atom. The van der Waals surface area contributed by atoms with Crippen molar-refractivity contribution >= 4 is 27.8 Å². The van der Waals surface area contributed by atoms with E-state index in [1.54, 1.807) is 6.07 Å². The van der Waals surface area contributed by atoms with Crippen LogP contribution in [-0.2, 0) is 16.0 Å². The molecule has 5 nitrogen and oxygen atoms in total. The number of carbonyl (C=O) groups is 2. The minimum atomic E-state index is -0.888. The summed E-state index contributed by atoms with van der Waals surface area (Å²) >= 11 is 3.11. The largest absolute Gasteiger partial charge is 0.447 e. The second-order valence-electron chi connectivity index (χ2n) is 5.59. The molecule has 0 saturated carbocycles. The molecular weight excluding hydrogens is 374 g/mol. The first kappa shape index (κ1) is 18.3. The quantitative estimate of drug-likeness (QED) is 0.727. The van der Waals surface area contributed by atoms with Gasteiger partial charge in [0, 0.05) is 6.04 Å². The molecule has 0 fully saturated rings. The monoisotopic (exact) mass is 393 g/mol. The summed E-state index contributed by atoms with van der Waals surface area (Å²) in [6.45, 7) is 3.47. The number of nitrogens with one attached hydrogen (secondary N) is 1. The van der Waals surface area contributed by atoms with Gasteiger partial charge in [0.05, 0.1) is 0 Å². The normalized spacial score (nSPS) is 13.1. The first-order chi connectivity index (χ1) is 11.5. The number of amides is 1. The topological polar surface area (TPSA) is 68.5 Å². The number of halogens is 1. The molecular formula is C18H20BrNO4. The Balaban J connectivity index is 1.77. The predicted octanol–water partition coefficient (Wildman–Crippen LogP) is 3.72. The van der Waals surface area contributed by atoms with Crippen LogP contribution >= 0.6 is 15.9 Å². The maximum absolute atomic E-state index is 12.1. The molecule has 0 saturated heterocycles. The molecule has 1 aromatic heterocycles. The highest BCUT2D eigenvalue weighted by Gasteiger charge is 2.22. The third kappa shape index (κ3) is 5.53. The van der Waals surface area contributed by atoms with E-state index in [1.165, 1.54) is 18.6 Å². The molecule has 1 heterocycles. The molecule has 0 spiro atoms. The summed E-state index contributed by atoms with van der Waals surface area (Å²) < 4.78 is 10.6. The Labute approximate surface area is 149 Å². The van der Waals surface area contributed by atoms with Crippen LogP contribution in [-0.4, -0.2) is 24.0 Å². The van der Waals surface area contributed by atoms with Crippen molar-refractivity contribution in [3.8, 4) is 0 Å². The highest BCUT2D eigenvalue weighted by Crippen LogP contribution is 2.15. The highest BCUT2D eigenvalue weighted by molar-refractivity contribution is 9.10. The van der Waals surface area contributed by atoms with Crippen molar-refractivity contribution in [2.24, 2.45) is 0 Å². The lowest BCUT2D eigenvalue weighted by Crippen LogP contribution is -2.41. The van der Waals surface area contributed by atoms with Gasteiger partial charge in [0.1, 0.15) is 0 Å². The van der Waals surface area contributed by atoms with Gasteiger partial charge in [-0.25, -0.2) is 4.79 Å². The summed E-state index contributed by atoms with van der Waals surface area (Å²) in [5.74, 6) is -0.937. The Hall–Kier alpha value is -2.08. The summed E-state index contributed by atoms with van der Waals surface area (Å²) in [7, 11) is 0. The van der Waals surface area contributed by atoms with Crippen LogP contribution in [0.15, 0.2) is 51.6 Å². The van der Waals surface area contributed by atoms with Gasteiger partial charge in [-0.15, -0.1) is 0 Å². The molecule has 2 atom stereocenters. The zero-order valence-corrected chi connectivity index (χ0v) is 15.2. The molecule has 1 aromatic carbocycles. The molecule has 0 aliphatic carbocycles.